The van der Waals surface area contributed by atoms with Gasteiger partial charge in [0.2, 0.25) is 5.91 Å². The molecule has 4 heteroatoms. The Labute approximate surface area is 83.6 Å². The molecule has 4 nitrogen and oxygen atoms in total. The van der Waals surface area contributed by atoms with Gasteiger partial charge in [-0.3, -0.25) is 14.5 Å². The third-order valence-electron chi connectivity index (χ3n) is 3.04. The van der Waals surface area contributed by atoms with Gasteiger partial charge in [0, 0.05) is 32.0 Å². The van der Waals surface area contributed by atoms with Crippen LogP contribution in [0, 0.1) is 0 Å². The predicted octanol–water partition coefficient (Wildman–Crippen LogP) is -0.0701. The van der Waals surface area contributed by atoms with Crippen LogP contribution in [0.15, 0.2) is 0 Å². The van der Waals surface area contributed by atoms with E-state index >= 15 is 0 Å². The summed E-state index contributed by atoms with van der Waals surface area (Å²) in [6, 6.07) is 0.322. The Balaban J connectivity index is 1.92. The SMILES string of the molecule is O=C1CCCC(N2CCNC(=O)C2)C1. The van der Waals surface area contributed by atoms with E-state index in [9.17, 15) is 9.59 Å². The highest BCUT2D eigenvalue weighted by molar-refractivity contribution is 5.81. The summed E-state index contributed by atoms with van der Waals surface area (Å²) in [5.41, 5.74) is 0. The van der Waals surface area contributed by atoms with Crippen molar-refractivity contribution in [1.82, 2.24) is 10.2 Å². The number of carbonyl (C=O) groups is 2. The molecule has 2 fully saturated rings. The maximum Gasteiger partial charge on any atom is 0.234 e. The second kappa shape index (κ2) is 4.09. The van der Waals surface area contributed by atoms with Crippen molar-refractivity contribution < 1.29 is 9.59 Å². The molecule has 1 N–H and O–H groups in total. The molecule has 1 saturated carbocycles. The highest BCUT2D eigenvalue weighted by Crippen LogP contribution is 2.20. The molecule has 1 saturated heterocycles. The van der Waals surface area contributed by atoms with Gasteiger partial charge in [-0.15, -0.1) is 0 Å². The van der Waals surface area contributed by atoms with Crippen LogP contribution in [-0.4, -0.2) is 42.3 Å². The predicted molar refractivity (Wildman–Crippen MR) is 51.8 cm³/mol. The number of hydrogen-bond donors (Lipinski definition) is 1. The normalized spacial score (nSPS) is 30.1. The second-order valence-electron chi connectivity index (χ2n) is 4.11. The summed E-state index contributed by atoms with van der Waals surface area (Å²) in [4.78, 5) is 24.6. The lowest BCUT2D eigenvalue weighted by Crippen LogP contribution is -2.52. The summed E-state index contributed by atoms with van der Waals surface area (Å²) in [7, 11) is 0. The molecular weight excluding hydrogens is 180 g/mol. The van der Waals surface area contributed by atoms with Gasteiger partial charge in [-0.2, -0.15) is 0 Å². The number of rotatable bonds is 1. The maximum atomic E-state index is 11.3. The first kappa shape index (κ1) is 9.65. The van der Waals surface area contributed by atoms with Crippen LogP contribution in [-0.2, 0) is 9.59 Å². The van der Waals surface area contributed by atoms with Crippen LogP contribution >= 0.6 is 0 Å². The van der Waals surface area contributed by atoms with Crippen LogP contribution < -0.4 is 5.32 Å². The third-order valence-corrected chi connectivity index (χ3v) is 3.04. The molecule has 0 aromatic carbocycles. The van der Waals surface area contributed by atoms with Gasteiger partial charge >= 0.3 is 0 Å². The number of carbonyl (C=O) groups excluding carboxylic acids is 2. The smallest absolute Gasteiger partial charge is 0.234 e. The van der Waals surface area contributed by atoms with E-state index in [1.807, 2.05) is 0 Å². The van der Waals surface area contributed by atoms with Gasteiger partial charge in [0.25, 0.3) is 0 Å². The Hall–Kier alpha value is -0.900. The van der Waals surface area contributed by atoms with Gasteiger partial charge in [-0.05, 0) is 12.8 Å². The zero-order valence-corrected chi connectivity index (χ0v) is 8.29. The molecule has 0 aromatic heterocycles. The number of amides is 1. The molecule has 2 rings (SSSR count). The molecule has 14 heavy (non-hydrogen) atoms. The standard InChI is InChI=1S/C10H16N2O2/c13-9-3-1-2-8(6-9)12-5-4-11-10(14)7-12/h8H,1-7H2,(H,11,14). The second-order valence-corrected chi connectivity index (χ2v) is 4.11. The summed E-state index contributed by atoms with van der Waals surface area (Å²) in [6.45, 7) is 2.09. The third kappa shape index (κ3) is 2.12. The van der Waals surface area contributed by atoms with Crippen molar-refractivity contribution in [3.8, 4) is 0 Å². The summed E-state index contributed by atoms with van der Waals surface area (Å²) < 4.78 is 0. The summed E-state index contributed by atoms with van der Waals surface area (Å²) in [6.07, 6.45) is 3.43. The summed E-state index contributed by atoms with van der Waals surface area (Å²) in [5, 5.41) is 2.80. The van der Waals surface area contributed by atoms with Crippen molar-refractivity contribution in [3.63, 3.8) is 0 Å². The van der Waals surface area contributed by atoms with Gasteiger partial charge in [-0.1, -0.05) is 0 Å². The lowest BCUT2D eigenvalue weighted by Gasteiger charge is -2.35. The van der Waals surface area contributed by atoms with Gasteiger partial charge in [0.05, 0.1) is 6.54 Å². The van der Waals surface area contributed by atoms with E-state index in [0.29, 0.717) is 24.8 Å². The number of nitrogens with one attached hydrogen (secondary N) is 1. The molecule has 1 heterocycles. The zero-order valence-electron chi connectivity index (χ0n) is 8.29. The van der Waals surface area contributed by atoms with Crippen LogP contribution in [0.3, 0.4) is 0 Å². The number of hydrogen-bond acceptors (Lipinski definition) is 3. The summed E-state index contributed by atoms with van der Waals surface area (Å²) in [5.74, 6) is 0.446. The van der Waals surface area contributed by atoms with Crippen molar-refractivity contribution in [2.45, 2.75) is 31.7 Å². The Kier molecular flexibility index (Phi) is 2.82. The van der Waals surface area contributed by atoms with Crippen LogP contribution in [0.1, 0.15) is 25.7 Å². The van der Waals surface area contributed by atoms with Gasteiger partial charge < -0.3 is 5.32 Å². The average Bonchev–Trinajstić information content (AvgIpc) is 2.18. The van der Waals surface area contributed by atoms with Crippen molar-refractivity contribution in [1.29, 1.82) is 0 Å². The summed E-state index contributed by atoms with van der Waals surface area (Å²) >= 11 is 0. The van der Waals surface area contributed by atoms with Crippen LogP contribution in [0.5, 0.6) is 0 Å². The minimum atomic E-state index is 0.0919. The molecular formula is C10H16N2O2. The molecule has 2 aliphatic rings. The lowest BCUT2D eigenvalue weighted by molar-refractivity contribution is -0.128. The Morgan fingerprint density at radius 1 is 1.36 bits per heavy atom. The first-order valence-corrected chi connectivity index (χ1v) is 5.28. The topological polar surface area (TPSA) is 49.4 Å². The first-order valence-electron chi connectivity index (χ1n) is 5.28. The van der Waals surface area contributed by atoms with Crippen LogP contribution in [0.2, 0.25) is 0 Å². The van der Waals surface area contributed by atoms with Crippen LogP contribution in [0.4, 0.5) is 0 Å². The fraction of sp³-hybridized carbons (Fsp3) is 0.800. The molecule has 1 aliphatic carbocycles. The van der Waals surface area contributed by atoms with E-state index in [1.165, 1.54) is 0 Å². The monoisotopic (exact) mass is 196 g/mol. The van der Waals surface area contributed by atoms with Crippen molar-refractivity contribution >= 4 is 11.7 Å². The van der Waals surface area contributed by atoms with Gasteiger partial charge in [0.1, 0.15) is 5.78 Å². The molecule has 0 aromatic rings. The number of Topliss-reactive ketones (excluding diaryl/α,β-unsaturated/α-hetero) is 1. The van der Waals surface area contributed by atoms with Gasteiger partial charge in [0.15, 0.2) is 0 Å². The minimum Gasteiger partial charge on any atom is -0.354 e. The van der Waals surface area contributed by atoms with E-state index in [2.05, 4.69) is 10.2 Å². The fourth-order valence-electron chi connectivity index (χ4n) is 2.28. The molecule has 0 spiro atoms. The van der Waals surface area contributed by atoms with E-state index in [0.717, 1.165) is 32.4 Å². The maximum absolute atomic E-state index is 11.3. The number of piperazine rings is 1. The van der Waals surface area contributed by atoms with E-state index in [-0.39, 0.29) is 5.91 Å². The van der Waals surface area contributed by atoms with Gasteiger partial charge in [-0.25, -0.2) is 0 Å². The van der Waals surface area contributed by atoms with Crippen molar-refractivity contribution in [2.24, 2.45) is 0 Å². The number of ketones is 1. The minimum absolute atomic E-state index is 0.0919. The van der Waals surface area contributed by atoms with E-state index < -0.39 is 0 Å². The zero-order chi connectivity index (χ0) is 9.97. The Morgan fingerprint density at radius 2 is 2.21 bits per heavy atom. The van der Waals surface area contributed by atoms with Crippen molar-refractivity contribution in [3.05, 3.63) is 0 Å². The molecule has 0 bridgehead atoms. The molecule has 1 amide bonds. The molecule has 78 valence electrons. The van der Waals surface area contributed by atoms with E-state index in [4.69, 9.17) is 0 Å². The highest BCUT2D eigenvalue weighted by Gasteiger charge is 2.28. The highest BCUT2D eigenvalue weighted by atomic mass is 16.2. The fourth-order valence-corrected chi connectivity index (χ4v) is 2.28. The lowest BCUT2D eigenvalue weighted by atomic mass is 9.93. The van der Waals surface area contributed by atoms with Crippen molar-refractivity contribution in [2.75, 3.05) is 19.6 Å². The largest absolute Gasteiger partial charge is 0.354 e. The Morgan fingerprint density at radius 3 is 2.93 bits per heavy atom. The Bertz CT molecular complexity index is 227. The first-order chi connectivity index (χ1) is 6.75. The number of nitrogens with zero attached hydrogens (tertiary/aromatic N) is 1. The average molecular weight is 196 g/mol. The molecule has 1 aliphatic heterocycles. The molecule has 1 unspecified atom stereocenters. The van der Waals surface area contributed by atoms with Crippen LogP contribution in [0.25, 0.3) is 0 Å². The molecule has 1 atom stereocenters. The molecule has 0 radical (unpaired) electrons. The van der Waals surface area contributed by atoms with E-state index in [1.54, 1.807) is 0 Å². The quantitative estimate of drug-likeness (QED) is 0.638.